The van der Waals surface area contributed by atoms with Crippen LogP contribution in [0.2, 0.25) is 0 Å². The van der Waals surface area contributed by atoms with Gasteiger partial charge in [-0.15, -0.1) is 0 Å². The van der Waals surface area contributed by atoms with Gasteiger partial charge in [0.2, 0.25) is 0 Å². The first-order chi connectivity index (χ1) is 22.9. The highest BCUT2D eigenvalue weighted by Crippen LogP contribution is 2.36. The van der Waals surface area contributed by atoms with Gasteiger partial charge in [0.15, 0.2) is 0 Å². The number of phosphoric ester groups is 2. The molecule has 0 aliphatic carbocycles. The van der Waals surface area contributed by atoms with E-state index >= 15 is 0 Å². The van der Waals surface area contributed by atoms with Gasteiger partial charge in [0, 0.05) is 13.2 Å². The molecule has 0 bridgehead atoms. The number of unbranched alkanes of at least 4 members (excludes halogenated alkanes) is 26. The Morgan fingerprint density at radius 3 is 0.625 bits per heavy atom. The van der Waals surface area contributed by atoms with Crippen molar-refractivity contribution in [2.75, 3.05) is 26.4 Å². The maximum atomic E-state index is 10.4. The van der Waals surface area contributed by atoms with Gasteiger partial charge in [-0.1, -0.05) is 181 Å². The van der Waals surface area contributed by atoms with E-state index in [9.17, 15) is 9.13 Å². The Hall–Kier alpha value is 0.140. The van der Waals surface area contributed by atoms with Gasteiger partial charge in [-0.25, -0.2) is 9.13 Å². The largest absolute Gasteiger partial charge is 0.469 e. The average molecular weight is 737 g/mol. The third-order valence-electron chi connectivity index (χ3n) is 7.51. The van der Waals surface area contributed by atoms with E-state index in [1.807, 2.05) is 0 Å². The van der Waals surface area contributed by atoms with Gasteiger partial charge in [-0.3, -0.25) is 9.05 Å². The van der Waals surface area contributed by atoms with Gasteiger partial charge in [0.05, 0.1) is 13.2 Å². The van der Waals surface area contributed by atoms with Crippen molar-refractivity contribution in [1.82, 2.24) is 0 Å². The lowest BCUT2D eigenvalue weighted by Gasteiger charge is -2.05. The van der Waals surface area contributed by atoms with Crippen molar-refractivity contribution in [2.45, 2.75) is 207 Å². The van der Waals surface area contributed by atoms with E-state index in [1.54, 1.807) is 13.8 Å². The highest BCUT2D eigenvalue weighted by Gasteiger charge is 2.13. The molecule has 0 amide bonds. The monoisotopic (exact) mass is 737 g/mol. The Kier molecular flexibility index (Phi) is 53.9. The molecule has 0 unspecified atom stereocenters. The summed E-state index contributed by atoms with van der Waals surface area (Å²) < 4.78 is 29.7. The van der Waals surface area contributed by atoms with Crippen LogP contribution in [-0.2, 0) is 18.2 Å². The standard InChI is InChI=1S/2C16H35O4P.2C2H6O/c2*1-2-3-4-5-6-7-8-9-10-11-12-13-14-15-16-20-21(17,18)19;2*1-2-3/h2*2-16H2,1H3,(H2,17,18,19);2*3H,2H2,1H3. The van der Waals surface area contributed by atoms with E-state index in [0.29, 0.717) is 0 Å². The van der Waals surface area contributed by atoms with E-state index in [2.05, 4.69) is 22.9 Å². The minimum atomic E-state index is -4.25. The lowest BCUT2D eigenvalue weighted by Crippen LogP contribution is -1.92. The molecule has 10 nitrogen and oxygen atoms in total. The van der Waals surface area contributed by atoms with Crippen LogP contribution in [-0.4, -0.2) is 56.2 Å². The van der Waals surface area contributed by atoms with Crippen molar-refractivity contribution >= 4 is 15.6 Å². The number of hydrogen-bond acceptors (Lipinski definition) is 6. The van der Waals surface area contributed by atoms with Crippen LogP contribution in [0.4, 0.5) is 0 Å². The fourth-order valence-electron chi connectivity index (χ4n) is 4.96. The maximum absolute atomic E-state index is 10.4. The van der Waals surface area contributed by atoms with Gasteiger partial charge in [-0.05, 0) is 26.7 Å². The minimum absolute atomic E-state index is 0.169. The van der Waals surface area contributed by atoms with Crippen LogP contribution in [0, 0.1) is 0 Å². The fraction of sp³-hybridized carbons (Fsp3) is 1.00. The number of aliphatic hydroxyl groups is 2. The first kappa shape index (κ1) is 54.9. The summed E-state index contributed by atoms with van der Waals surface area (Å²) in [6, 6.07) is 0. The summed E-state index contributed by atoms with van der Waals surface area (Å²) >= 11 is 0. The zero-order valence-electron chi connectivity index (χ0n) is 31.8. The van der Waals surface area contributed by atoms with E-state index in [-0.39, 0.29) is 26.4 Å². The van der Waals surface area contributed by atoms with Crippen molar-refractivity contribution < 1.29 is 48.0 Å². The Bertz CT molecular complexity index is 590. The summed E-state index contributed by atoms with van der Waals surface area (Å²) in [5.74, 6) is 0. The lowest BCUT2D eigenvalue weighted by molar-refractivity contribution is 0.191. The Morgan fingerprint density at radius 2 is 0.479 bits per heavy atom. The van der Waals surface area contributed by atoms with E-state index < -0.39 is 15.6 Å². The molecule has 0 aromatic rings. The SMILES string of the molecule is CCCCCCCCCCCCCCCCOP(=O)(O)O.CCCCCCCCCCCCCCCCOP(=O)(O)O.CCO.CCO. The molecule has 0 spiro atoms. The zero-order chi connectivity index (χ0) is 37.0. The molecule has 0 saturated heterocycles. The van der Waals surface area contributed by atoms with Crippen LogP contribution in [0.15, 0.2) is 0 Å². The Morgan fingerprint density at radius 1 is 0.333 bits per heavy atom. The second-order valence-electron chi connectivity index (χ2n) is 12.5. The fourth-order valence-corrected chi connectivity index (χ4v) is 5.69. The molecule has 0 aliphatic rings. The lowest BCUT2D eigenvalue weighted by atomic mass is 10.0. The molecular weight excluding hydrogens is 654 g/mol. The van der Waals surface area contributed by atoms with Gasteiger partial charge in [-0.2, -0.15) is 0 Å². The van der Waals surface area contributed by atoms with Gasteiger partial charge >= 0.3 is 15.6 Å². The molecule has 0 aromatic carbocycles. The van der Waals surface area contributed by atoms with Crippen LogP contribution in [0.25, 0.3) is 0 Å². The van der Waals surface area contributed by atoms with Gasteiger partial charge < -0.3 is 29.8 Å². The molecule has 6 N–H and O–H groups in total. The molecule has 0 rings (SSSR count). The third-order valence-corrected chi connectivity index (χ3v) is 8.55. The predicted octanol–water partition coefficient (Wildman–Crippen LogP) is 11.2. The van der Waals surface area contributed by atoms with E-state index in [4.69, 9.17) is 29.8 Å². The van der Waals surface area contributed by atoms with Crippen LogP contribution >= 0.6 is 15.6 Å². The smallest absolute Gasteiger partial charge is 0.397 e. The zero-order valence-corrected chi connectivity index (χ0v) is 33.6. The van der Waals surface area contributed by atoms with E-state index in [0.717, 1.165) is 38.5 Å². The summed E-state index contributed by atoms with van der Waals surface area (Å²) in [7, 11) is -8.50. The quantitative estimate of drug-likeness (QED) is 0.0288. The van der Waals surface area contributed by atoms with Crippen LogP contribution in [0.1, 0.15) is 207 Å². The predicted molar refractivity (Wildman–Crippen MR) is 202 cm³/mol. The number of rotatable bonds is 32. The molecule has 0 saturated carbocycles. The highest BCUT2D eigenvalue weighted by atomic mass is 31.2. The summed E-state index contributed by atoms with van der Waals surface area (Å²) in [5.41, 5.74) is 0. The molecule has 0 aliphatic heterocycles. The van der Waals surface area contributed by atoms with Crippen molar-refractivity contribution in [1.29, 1.82) is 0 Å². The minimum Gasteiger partial charge on any atom is -0.397 e. The van der Waals surface area contributed by atoms with Gasteiger partial charge in [0.25, 0.3) is 0 Å². The molecular formula is C36H82O10P2. The second kappa shape index (κ2) is 47.1. The first-order valence-corrected chi connectivity index (χ1v) is 22.6. The van der Waals surface area contributed by atoms with Crippen LogP contribution in [0.5, 0.6) is 0 Å². The molecule has 296 valence electrons. The number of hydrogen-bond donors (Lipinski definition) is 6. The molecule has 0 fully saturated rings. The summed E-state index contributed by atoms with van der Waals surface area (Å²) in [4.78, 5) is 34.0. The molecule has 12 heteroatoms. The maximum Gasteiger partial charge on any atom is 0.469 e. The summed E-state index contributed by atoms with van der Waals surface area (Å²) in [5, 5.41) is 15.1. The van der Waals surface area contributed by atoms with Crippen molar-refractivity contribution in [2.24, 2.45) is 0 Å². The van der Waals surface area contributed by atoms with Crippen LogP contribution in [0.3, 0.4) is 0 Å². The topological polar surface area (TPSA) is 174 Å². The second-order valence-corrected chi connectivity index (χ2v) is 15.0. The third kappa shape index (κ3) is 72.0. The summed E-state index contributed by atoms with van der Waals surface area (Å²) in [6.07, 6.45) is 35.5. The van der Waals surface area contributed by atoms with Crippen molar-refractivity contribution in [3.8, 4) is 0 Å². The molecule has 0 atom stereocenters. The molecule has 0 aromatic heterocycles. The summed E-state index contributed by atoms with van der Waals surface area (Å²) in [6.45, 7) is 8.71. The Balaban J connectivity index is -0.000000345. The van der Waals surface area contributed by atoms with Crippen LogP contribution < -0.4 is 0 Å². The normalized spacial score (nSPS) is 11.2. The molecule has 0 radical (unpaired) electrons. The molecule has 48 heavy (non-hydrogen) atoms. The number of aliphatic hydroxyl groups excluding tert-OH is 2. The average Bonchev–Trinajstić information content (AvgIpc) is 3.01. The van der Waals surface area contributed by atoms with Crippen molar-refractivity contribution in [3.63, 3.8) is 0 Å². The molecule has 0 heterocycles. The van der Waals surface area contributed by atoms with Gasteiger partial charge in [0.1, 0.15) is 0 Å². The van der Waals surface area contributed by atoms with E-state index in [1.165, 1.54) is 141 Å². The Labute approximate surface area is 297 Å². The highest BCUT2D eigenvalue weighted by molar-refractivity contribution is 7.46. The van der Waals surface area contributed by atoms with Crippen molar-refractivity contribution in [3.05, 3.63) is 0 Å². The number of phosphoric acid groups is 2. The first-order valence-electron chi connectivity index (χ1n) is 19.6.